The number of rotatable bonds is 3. The van der Waals surface area contributed by atoms with Gasteiger partial charge >= 0.3 is 0 Å². The second kappa shape index (κ2) is 5.24. The maximum atomic E-state index is 13.7. The van der Waals surface area contributed by atoms with Gasteiger partial charge in [0.05, 0.1) is 5.69 Å². The Kier molecular flexibility index (Phi) is 3.77. The van der Waals surface area contributed by atoms with Crippen LogP contribution in [-0.2, 0) is 10.0 Å². The van der Waals surface area contributed by atoms with Crippen molar-refractivity contribution < 1.29 is 26.0 Å². The van der Waals surface area contributed by atoms with E-state index in [1.807, 2.05) is 0 Å². The van der Waals surface area contributed by atoms with E-state index in [0.29, 0.717) is 18.2 Å². The van der Waals surface area contributed by atoms with Gasteiger partial charge < -0.3 is 5.73 Å². The van der Waals surface area contributed by atoms with Gasteiger partial charge in [0.25, 0.3) is 10.0 Å². The molecule has 112 valence electrons. The molecule has 3 N–H and O–H groups in total. The SMILES string of the molecule is Nc1c(F)ccc(S(=O)(=O)Nc2ccc(F)cc2F)c1F. The monoisotopic (exact) mass is 320 g/mol. The molecule has 2 aromatic rings. The third-order valence-electron chi connectivity index (χ3n) is 2.56. The van der Waals surface area contributed by atoms with Crippen molar-refractivity contribution in [3.8, 4) is 0 Å². The van der Waals surface area contributed by atoms with E-state index in [1.54, 1.807) is 4.72 Å². The molecule has 2 aromatic carbocycles. The van der Waals surface area contributed by atoms with E-state index in [2.05, 4.69) is 0 Å². The van der Waals surface area contributed by atoms with Gasteiger partial charge in [0.2, 0.25) is 0 Å². The Morgan fingerprint density at radius 2 is 1.62 bits per heavy atom. The molecule has 0 aliphatic carbocycles. The average Bonchev–Trinajstić information content (AvgIpc) is 2.39. The van der Waals surface area contributed by atoms with E-state index in [0.717, 1.165) is 12.1 Å². The lowest BCUT2D eigenvalue weighted by Crippen LogP contribution is -2.16. The first-order chi connectivity index (χ1) is 9.72. The summed E-state index contributed by atoms with van der Waals surface area (Å²) in [5.41, 5.74) is 3.50. The van der Waals surface area contributed by atoms with Crippen molar-refractivity contribution in [3.05, 3.63) is 53.6 Å². The summed E-state index contributed by atoms with van der Waals surface area (Å²) in [6.07, 6.45) is 0. The first kappa shape index (κ1) is 15.1. The Morgan fingerprint density at radius 3 is 2.24 bits per heavy atom. The third-order valence-corrected chi connectivity index (χ3v) is 3.94. The Bertz CT molecular complexity index is 809. The van der Waals surface area contributed by atoms with Crippen LogP contribution in [0, 0.1) is 23.3 Å². The number of halogens is 4. The van der Waals surface area contributed by atoms with Gasteiger partial charge in [0.1, 0.15) is 28.0 Å². The second-order valence-corrected chi connectivity index (χ2v) is 5.65. The highest BCUT2D eigenvalue weighted by Gasteiger charge is 2.23. The van der Waals surface area contributed by atoms with Gasteiger partial charge in [-0.1, -0.05) is 0 Å². The molecule has 0 unspecified atom stereocenters. The first-order valence-corrected chi connectivity index (χ1v) is 6.92. The Morgan fingerprint density at radius 1 is 0.952 bits per heavy atom. The van der Waals surface area contributed by atoms with E-state index in [4.69, 9.17) is 5.73 Å². The lowest BCUT2D eigenvalue weighted by molar-refractivity contribution is 0.556. The molecule has 4 nitrogen and oxygen atoms in total. The van der Waals surface area contributed by atoms with Crippen LogP contribution in [0.2, 0.25) is 0 Å². The van der Waals surface area contributed by atoms with Crippen LogP contribution in [0.5, 0.6) is 0 Å². The third kappa shape index (κ3) is 2.92. The van der Waals surface area contributed by atoms with Crippen molar-refractivity contribution in [1.29, 1.82) is 0 Å². The van der Waals surface area contributed by atoms with Crippen LogP contribution in [-0.4, -0.2) is 8.42 Å². The summed E-state index contributed by atoms with van der Waals surface area (Å²) in [6.45, 7) is 0. The molecule has 0 bridgehead atoms. The highest BCUT2D eigenvalue weighted by Crippen LogP contribution is 2.25. The van der Waals surface area contributed by atoms with E-state index in [9.17, 15) is 26.0 Å². The van der Waals surface area contributed by atoms with Crippen LogP contribution >= 0.6 is 0 Å². The van der Waals surface area contributed by atoms with Gasteiger partial charge in [-0.15, -0.1) is 0 Å². The lowest BCUT2D eigenvalue weighted by atomic mass is 10.3. The quantitative estimate of drug-likeness (QED) is 0.674. The molecule has 2 rings (SSSR count). The van der Waals surface area contributed by atoms with Gasteiger partial charge in [-0.3, -0.25) is 4.72 Å². The topological polar surface area (TPSA) is 72.2 Å². The molecule has 0 aliphatic rings. The van der Waals surface area contributed by atoms with Crippen molar-refractivity contribution in [3.63, 3.8) is 0 Å². The number of nitrogens with two attached hydrogens (primary N) is 1. The summed E-state index contributed by atoms with van der Waals surface area (Å²) in [5, 5.41) is 0. The zero-order valence-corrected chi connectivity index (χ0v) is 11.0. The molecule has 0 saturated carbocycles. The zero-order valence-electron chi connectivity index (χ0n) is 10.2. The summed E-state index contributed by atoms with van der Waals surface area (Å²) in [5.74, 6) is -4.72. The van der Waals surface area contributed by atoms with Crippen molar-refractivity contribution >= 4 is 21.4 Å². The molecular weight excluding hydrogens is 312 g/mol. The Balaban J connectivity index is 2.46. The predicted octanol–water partition coefficient (Wildman–Crippen LogP) is 2.63. The van der Waals surface area contributed by atoms with Crippen molar-refractivity contribution in [2.45, 2.75) is 4.90 Å². The number of hydrogen-bond acceptors (Lipinski definition) is 3. The van der Waals surface area contributed by atoms with E-state index >= 15 is 0 Å². The first-order valence-electron chi connectivity index (χ1n) is 5.43. The maximum absolute atomic E-state index is 13.7. The van der Waals surface area contributed by atoms with E-state index in [-0.39, 0.29) is 0 Å². The number of nitrogen functional groups attached to an aromatic ring is 1. The Hall–Kier alpha value is -2.29. The second-order valence-electron chi connectivity index (χ2n) is 4.00. The smallest absolute Gasteiger partial charge is 0.264 e. The van der Waals surface area contributed by atoms with Crippen molar-refractivity contribution in [2.24, 2.45) is 0 Å². The van der Waals surface area contributed by atoms with Crippen LogP contribution in [0.25, 0.3) is 0 Å². The predicted molar refractivity (Wildman–Crippen MR) is 67.9 cm³/mol. The minimum Gasteiger partial charge on any atom is -0.394 e. The fraction of sp³-hybridized carbons (Fsp3) is 0. The highest BCUT2D eigenvalue weighted by atomic mass is 32.2. The number of sulfonamides is 1. The van der Waals surface area contributed by atoms with Crippen LogP contribution in [0.15, 0.2) is 35.2 Å². The molecule has 21 heavy (non-hydrogen) atoms. The molecular formula is C12H8F4N2O2S. The summed E-state index contributed by atoms with van der Waals surface area (Å²) >= 11 is 0. The van der Waals surface area contributed by atoms with Gasteiger partial charge in [-0.2, -0.15) is 0 Å². The van der Waals surface area contributed by atoms with Crippen LogP contribution in [0.3, 0.4) is 0 Å². The average molecular weight is 320 g/mol. The van der Waals surface area contributed by atoms with Crippen molar-refractivity contribution in [2.75, 3.05) is 10.5 Å². The van der Waals surface area contributed by atoms with Gasteiger partial charge in [-0.05, 0) is 24.3 Å². The molecule has 0 amide bonds. The van der Waals surface area contributed by atoms with Crippen molar-refractivity contribution in [1.82, 2.24) is 0 Å². The molecule has 0 spiro atoms. The van der Waals surface area contributed by atoms with Gasteiger partial charge in [0, 0.05) is 6.07 Å². The fourth-order valence-corrected chi connectivity index (χ4v) is 2.69. The minimum atomic E-state index is -4.55. The summed E-state index contributed by atoms with van der Waals surface area (Å²) in [7, 11) is -4.55. The maximum Gasteiger partial charge on any atom is 0.264 e. The molecule has 0 aromatic heterocycles. The summed E-state index contributed by atoms with van der Waals surface area (Å²) in [6, 6.07) is 3.40. The number of benzene rings is 2. The zero-order chi connectivity index (χ0) is 15.8. The number of hydrogen-bond donors (Lipinski definition) is 2. The molecule has 9 heteroatoms. The number of anilines is 2. The Labute approximate surface area is 117 Å². The standard InChI is InChI=1S/C12H8F4N2O2S/c13-6-1-3-9(8(15)5-6)18-21(19,20)10-4-2-7(14)12(17)11(10)16/h1-5,18H,17H2. The van der Waals surface area contributed by atoms with Gasteiger partial charge in [0.15, 0.2) is 5.82 Å². The van der Waals surface area contributed by atoms with E-state index < -0.39 is 49.6 Å². The minimum absolute atomic E-state index is 0.452. The molecule has 0 radical (unpaired) electrons. The summed E-state index contributed by atoms with van der Waals surface area (Å²) in [4.78, 5) is -0.954. The largest absolute Gasteiger partial charge is 0.394 e. The molecule has 0 atom stereocenters. The lowest BCUT2D eigenvalue weighted by Gasteiger charge is -2.11. The molecule has 0 fully saturated rings. The number of nitrogens with one attached hydrogen (secondary N) is 1. The molecule has 0 aliphatic heterocycles. The van der Waals surface area contributed by atoms with Crippen LogP contribution < -0.4 is 10.5 Å². The summed E-state index contributed by atoms with van der Waals surface area (Å²) < 4.78 is 78.4. The van der Waals surface area contributed by atoms with Crippen LogP contribution in [0.4, 0.5) is 28.9 Å². The molecule has 0 heterocycles. The highest BCUT2D eigenvalue weighted by molar-refractivity contribution is 7.92. The molecule has 0 saturated heterocycles. The van der Waals surface area contributed by atoms with E-state index in [1.165, 1.54) is 0 Å². The fourth-order valence-electron chi connectivity index (χ4n) is 1.53. The normalized spacial score (nSPS) is 11.4. The van der Waals surface area contributed by atoms with Gasteiger partial charge in [-0.25, -0.2) is 26.0 Å². The van der Waals surface area contributed by atoms with Crippen LogP contribution in [0.1, 0.15) is 0 Å².